The standard InChI is InChI=1S/C19H36N4O3/c1-4-16(20)19(26)21-9-7-5-6-8-17(24)22-10-12-23(13-11-22)18(25)14-15(2)3/h15-16H,4-14,20H2,1-3H3,(H,21,26)/t16-/m0/s1. The Labute approximate surface area is 157 Å². The lowest BCUT2D eigenvalue weighted by Gasteiger charge is -2.35. The highest BCUT2D eigenvalue weighted by Gasteiger charge is 2.23. The molecule has 1 fully saturated rings. The Morgan fingerprint density at radius 3 is 2.08 bits per heavy atom. The van der Waals surface area contributed by atoms with Crippen LogP contribution in [0.1, 0.15) is 59.3 Å². The van der Waals surface area contributed by atoms with Gasteiger partial charge in [-0.1, -0.05) is 27.2 Å². The largest absolute Gasteiger partial charge is 0.355 e. The predicted octanol–water partition coefficient (Wildman–Crippen LogP) is 1.12. The Morgan fingerprint density at radius 1 is 0.962 bits per heavy atom. The van der Waals surface area contributed by atoms with E-state index in [0.717, 1.165) is 19.3 Å². The van der Waals surface area contributed by atoms with E-state index in [9.17, 15) is 14.4 Å². The molecule has 26 heavy (non-hydrogen) atoms. The first-order valence-electron chi connectivity index (χ1n) is 9.94. The molecule has 3 amide bonds. The average molecular weight is 369 g/mol. The monoisotopic (exact) mass is 368 g/mol. The zero-order chi connectivity index (χ0) is 19.5. The number of piperazine rings is 1. The van der Waals surface area contributed by atoms with Gasteiger partial charge in [0.25, 0.3) is 0 Å². The zero-order valence-electron chi connectivity index (χ0n) is 16.6. The summed E-state index contributed by atoms with van der Waals surface area (Å²) < 4.78 is 0. The molecular weight excluding hydrogens is 332 g/mol. The van der Waals surface area contributed by atoms with Crippen LogP contribution in [0.2, 0.25) is 0 Å². The molecule has 0 unspecified atom stereocenters. The fourth-order valence-electron chi connectivity index (χ4n) is 2.95. The van der Waals surface area contributed by atoms with Crippen LogP contribution in [0.5, 0.6) is 0 Å². The molecule has 1 heterocycles. The number of hydrogen-bond donors (Lipinski definition) is 2. The van der Waals surface area contributed by atoms with Crippen molar-refractivity contribution in [1.29, 1.82) is 0 Å². The molecule has 1 saturated heterocycles. The van der Waals surface area contributed by atoms with Gasteiger partial charge in [-0.05, 0) is 25.2 Å². The molecule has 1 rings (SSSR count). The van der Waals surface area contributed by atoms with Crippen molar-refractivity contribution < 1.29 is 14.4 Å². The number of carbonyl (C=O) groups is 3. The van der Waals surface area contributed by atoms with Crippen molar-refractivity contribution in [3.63, 3.8) is 0 Å². The number of rotatable bonds is 10. The van der Waals surface area contributed by atoms with Crippen LogP contribution in [0, 0.1) is 5.92 Å². The molecule has 1 atom stereocenters. The topological polar surface area (TPSA) is 95.7 Å². The molecule has 1 aliphatic heterocycles. The lowest BCUT2D eigenvalue weighted by atomic mass is 10.1. The van der Waals surface area contributed by atoms with Gasteiger partial charge in [-0.25, -0.2) is 0 Å². The number of unbranched alkanes of at least 4 members (excludes halogenated alkanes) is 2. The summed E-state index contributed by atoms with van der Waals surface area (Å²) in [5.74, 6) is 0.619. The van der Waals surface area contributed by atoms with Crippen molar-refractivity contribution in [3.05, 3.63) is 0 Å². The van der Waals surface area contributed by atoms with Crippen LogP contribution in [0.15, 0.2) is 0 Å². The van der Waals surface area contributed by atoms with E-state index in [2.05, 4.69) is 5.32 Å². The Kier molecular flexibility index (Phi) is 10.2. The predicted molar refractivity (Wildman–Crippen MR) is 102 cm³/mol. The first-order chi connectivity index (χ1) is 12.3. The summed E-state index contributed by atoms with van der Waals surface area (Å²) in [6.07, 6.45) is 4.32. The summed E-state index contributed by atoms with van der Waals surface area (Å²) in [6, 6.07) is -0.428. The van der Waals surface area contributed by atoms with Gasteiger partial charge < -0.3 is 20.9 Å². The molecule has 0 spiro atoms. The summed E-state index contributed by atoms with van der Waals surface area (Å²) in [5.41, 5.74) is 5.64. The second-order valence-electron chi connectivity index (χ2n) is 7.48. The number of nitrogens with zero attached hydrogens (tertiary/aromatic N) is 2. The van der Waals surface area contributed by atoms with Crippen LogP contribution in [0.25, 0.3) is 0 Å². The Bertz CT molecular complexity index is 460. The SMILES string of the molecule is CC[C@H](N)C(=O)NCCCCCC(=O)N1CCN(C(=O)CC(C)C)CC1. The van der Waals surface area contributed by atoms with Crippen molar-refractivity contribution >= 4 is 17.7 Å². The number of carbonyl (C=O) groups excluding carboxylic acids is 3. The van der Waals surface area contributed by atoms with Crippen molar-refractivity contribution in [2.75, 3.05) is 32.7 Å². The maximum absolute atomic E-state index is 12.3. The molecular formula is C19H36N4O3. The summed E-state index contributed by atoms with van der Waals surface area (Å²) in [4.78, 5) is 39.6. The van der Waals surface area contributed by atoms with Gasteiger partial charge >= 0.3 is 0 Å². The lowest BCUT2D eigenvalue weighted by Crippen LogP contribution is -2.50. The minimum absolute atomic E-state index is 0.103. The quantitative estimate of drug-likeness (QED) is 0.565. The molecule has 0 aliphatic carbocycles. The van der Waals surface area contributed by atoms with Crippen molar-refractivity contribution in [2.45, 2.75) is 65.3 Å². The summed E-state index contributed by atoms with van der Waals surface area (Å²) in [6.45, 7) is 9.12. The van der Waals surface area contributed by atoms with E-state index in [4.69, 9.17) is 5.73 Å². The van der Waals surface area contributed by atoms with Gasteiger partial charge in [-0.15, -0.1) is 0 Å². The van der Waals surface area contributed by atoms with Crippen LogP contribution in [0.3, 0.4) is 0 Å². The smallest absolute Gasteiger partial charge is 0.236 e. The third-order valence-corrected chi connectivity index (χ3v) is 4.71. The van der Waals surface area contributed by atoms with E-state index in [1.807, 2.05) is 30.6 Å². The summed E-state index contributed by atoms with van der Waals surface area (Å²) in [7, 11) is 0. The highest BCUT2D eigenvalue weighted by molar-refractivity contribution is 5.81. The average Bonchev–Trinajstić information content (AvgIpc) is 2.62. The lowest BCUT2D eigenvalue weighted by molar-refractivity contribution is -0.140. The van der Waals surface area contributed by atoms with Gasteiger partial charge in [0.1, 0.15) is 0 Å². The molecule has 1 aliphatic rings. The van der Waals surface area contributed by atoms with E-state index in [-0.39, 0.29) is 17.7 Å². The molecule has 0 aromatic carbocycles. The molecule has 7 nitrogen and oxygen atoms in total. The Balaban J connectivity index is 2.12. The Hall–Kier alpha value is -1.63. The van der Waals surface area contributed by atoms with Crippen molar-refractivity contribution in [1.82, 2.24) is 15.1 Å². The summed E-state index contributed by atoms with van der Waals surface area (Å²) >= 11 is 0. The van der Waals surface area contributed by atoms with Crippen LogP contribution >= 0.6 is 0 Å². The second kappa shape index (κ2) is 11.9. The van der Waals surface area contributed by atoms with Gasteiger partial charge in [-0.3, -0.25) is 14.4 Å². The number of nitrogens with two attached hydrogens (primary N) is 1. The molecule has 3 N–H and O–H groups in total. The summed E-state index contributed by atoms with van der Waals surface area (Å²) in [5, 5.41) is 2.82. The van der Waals surface area contributed by atoms with Gasteiger partial charge in [-0.2, -0.15) is 0 Å². The fraction of sp³-hybridized carbons (Fsp3) is 0.842. The van der Waals surface area contributed by atoms with Crippen molar-refractivity contribution in [3.8, 4) is 0 Å². The highest BCUT2D eigenvalue weighted by atomic mass is 16.2. The van der Waals surface area contributed by atoms with Gasteiger partial charge in [0.05, 0.1) is 6.04 Å². The molecule has 7 heteroatoms. The minimum Gasteiger partial charge on any atom is -0.355 e. The normalized spacial score (nSPS) is 15.9. The van der Waals surface area contributed by atoms with E-state index >= 15 is 0 Å². The van der Waals surface area contributed by atoms with Crippen LogP contribution in [-0.2, 0) is 14.4 Å². The number of nitrogens with one attached hydrogen (secondary N) is 1. The van der Waals surface area contributed by atoms with Crippen molar-refractivity contribution in [2.24, 2.45) is 11.7 Å². The third kappa shape index (κ3) is 8.17. The molecule has 0 aromatic heterocycles. The first-order valence-corrected chi connectivity index (χ1v) is 9.94. The molecule has 150 valence electrons. The number of amides is 3. The van der Waals surface area contributed by atoms with Gasteiger partial charge in [0.2, 0.25) is 17.7 Å². The van der Waals surface area contributed by atoms with E-state index in [0.29, 0.717) is 57.9 Å². The van der Waals surface area contributed by atoms with E-state index in [1.165, 1.54) is 0 Å². The third-order valence-electron chi connectivity index (χ3n) is 4.71. The maximum Gasteiger partial charge on any atom is 0.236 e. The van der Waals surface area contributed by atoms with E-state index < -0.39 is 6.04 Å². The van der Waals surface area contributed by atoms with Crippen LogP contribution < -0.4 is 11.1 Å². The second-order valence-corrected chi connectivity index (χ2v) is 7.48. The molecule has 0 saturated carbocycles. The molecule has 0 radical (unpaired) electrons. The van der Waals surface area contributed by atoms with E-state index in [1.54, 1.807) is 0 Å². The van der Waals surface area contributed by atoms with Gasteiger partial charge in [0.15, 0.2) is 0 Å². The van der Waals surface area contributed by atoms with Crippen LogP contribution in [0.4, 0.5) is 0 Å². The zero-order valence-corrected chi connectivity index (χ0v) is 16.6. The highest BCUT2D eigenvalue weighted by Crippen LogP contribution is 2.10. The minimum atomic E-state index is -0.428. The maximum atomic E-state index is 12.3. The van der Waals surface area contributed by atoms with Crippen LogP contribution in [-0.4, -0.2) is 66.3 Å². The Morgan fingerprint density at radius 2 is 1.54 bits per heavy atom. The molecule has 0 bridgehead atoms. The molecule has 0 aromatic rings. The number of hydrogen-bond acceptors (Lipinski definition) is 4. The fourth-order valence-corrected chi connectivity index (χ4v) is 2.95. The first kappa shape index (κ1) is 22.4. The van der Waals surface area contributed by atoms with Gasteiger partial charge in [0, 0.05) is 45.6 Å².